The lowest BCUT2D eigenvalue weighted by molar-refractivity contribution is 0.794. The van der Waals surface area contributed by atoms with Crippen LogP contribution in [0.25, 0.3) is 0 Å². The summed E-state index contributed by atoms with van der Waals surface area (Å²) in [6, 6.07) is 19.9. The number of hydrogen-bond acceptors (Lipinski definition) is 0. The van der Waals surface area contributed by atoms with Crippen molar-refractivity contribution < 1.29 is 0 Å². The van der Waals surface area contributed by atoms with Crippen molar-refractivity contribution in [3.8, 4) is 0 Å². The molecule has 0 radical (unpaired) electrons. The average Bonchev–Trinajstić information content (AvgIpc) is 3.13. The highest BCUT2D eigenvalue weighted by atomic mass is 14.4. The number of rotatable bonds is 3. The molecule has 2 unspecified atom stereocenters. The van der Waals surface area contributed by atoms with Crippen LogP contribution in [-0.4, -0.2) is 0 Å². The SMILES string of the molecule is Cc1ccc(CC2CC2c2ccccc2)cc1. The second-order valence-electron chi connectivity index (χ2n) is 5.20. The first-order chi connectivity index (χ1) is 8.33. The van der Waals surface area contributed by atoms with Gasteiger partial charge in [0.25, 0.3) is 0 Å². The molecule has 0 saturated heterocycles. The number of benzene rings is 2. The Balaban J connectivity index is 1.64. The zero-order chi connectivity index (χ0) is 11.7. The Bertz CT molecular complexity index is 481. The third-order valence-electron chi connectivity index (χ3n) is 3.77. The van der Waals surface area contributed by atoms with E-state index in [4.69, 9.17) is 0 Å². The van der Waals surface area contributed by atoms with E-state index in [1.807, 2.05) is 0 Å². The van der Waals surface area contributed by atoms with E-state index < -0.39 is 0 Å². The smallest absolute Gasteiger partial charge is 0.0127 e. The van der Waals surface area contributed by atoms with E-state index in [0.29, 0.717) is 0 Å². The fourth-order valence-corrected chi connectivity index (χ4v) is 2.61. The molecular formula is C17H18. The highest BCUT2D eigenvalue weighted by Crippen LogP contribution is 2.49. The third-order valence-corrected chi connectivity index (χ3v) is 3.77. The van der Waals surface area contributed by atoms with E-state index in [9.17, 15) is 0 Å². The lowest BCUT2D eigenvalue weighted by atomic mass is 10.0. The van der Waals surface area contributed by atoms with Gasteiger partial charge >= 0.3 is 0 Å². The summed E-state index contributed by atoms with van der Waals surface area (Å²) < 4.78 is 0. The highest BCUT2D eigenvalue weighted by Gasteiger charge is 2.37. The molecule has 17 heavy (non-hydrogen) atoms. The van der Waals surface area contributed by atoms with Gasteiger partial charge < -0.3 is 0 Å². The molecule has 0 heteroatoms. The van der Waals surface area contributed by atoms with E-state index >= 15 is 0 Å². The number of aryl methyl sites for hydroxylation is 1. The second-order valence-corrected chi connectivity index (χ2v) is 5.20. The fourth-order valence-electron chi connectivity index (χ4n) is 2.61. The fraction of sp³-hybridized carbons (Fsp3) is 0.294. The van der Waals surface area contributed by atoms with Crippen LogP contribution < -0.4 is 0 Å². The van der Waals surface area contributed by atoms with Crippen LogP contribution in [0.3, 0.4) is 0 Å². The Morgan fingerprint density at radius 2 is 1.65 bits per heavy atom. The summed E-state index contributed by atoms with van der Waals surface area (Å²) in [6.45, 7) is 2.15. The molecule has 0 amide bonds. The Hall–Kier alpha value is -1.56. The van der Waals surface area contributed by atoms with Crippen molar-refractivity contribution in [2.24, 2.45) is 5.92 Å². The van der Waals surface area contributed by atoms with E-state index in [0.717, 1.165) is 11.8 Å². The van der Waals surface area contributed by atoms with E-state index in [-0.39, 0.29) is 0 Å². The maximum atomic E-state index is 2.27. The summed E-state index contributed by atoms with van der Waals surface area (Å²) in [4.78, 5) is 0. The maximum absolute atomic E-state index is 2.27. The van der Waals surface area contributed by atoms with Crippen LogP contribution in [0.5, 0.6) is 0 Å². The van der Waals surface area contributed by atoms with Crippen LogP contribution in [-0.2, 0) is 6.42 Å². The van der Waals surface area contributed by atoms with Crippen LogP contribution in [0.2, 0.25) is 0 Å². The molecule has 2 aromatic carbocycles. The summed E-state index contributed by atoms with van der Waals surface area (Å²) >= 11 is 0. The zero-order valence-corrected chi connectivity index (χ0v) is 10.3. The van der Waals surface area contributed by atoms with E-state index in [1.54, 1.807) is 0 Å². The summed E-state index contributed by atoms with van der Waals surface area (Å²) in [6.07, 6.45) is 2.59. The highest BCUT2D eigenvalue weighted by molar-refractivity contribution is 5.28. The third kappa shape index (κ3) is 2.41. The molecule has 0 nitrogen and oxygen atoms in total. The van der Waals surface area contributed by atoms with Gasteiger partial charge in [-0.25, -0.2) is 0 Å². The van der Waals surface area contributed by atoms with Gasteiger partial charge in [0.2, 0.25) is 0 Å². The minimum absolute atomic E-state index is 0.803. The minimum atomic E-state index is 0.803. The molecule has 1 aliphatic rings. The van der Waals surface area contributed by atoms with E-state index in [2.05, 4.69) is 61.5 Å². The summed E-state index contributed by atoms with van der Waals surface area (Å²) in [5.74, 6) is 1.66. The molecule has 1 fully saturated rings. The Morgan fingerprint density at radius 3 is 2.35 bits per heavy atom. The van der Waals surface area contributed by atoms with Crippen LogP contribution >= 0.6 is 0 Å². The van der Waals surface area contributed by atoms with Crippen molar-refractivity contribution >= 4 is 0 Å². The van der Waals surface area contributed by atoms with Gasteiger partial charge in [0.05, 0.1) is 0 Å². The van der Waals surface area contributed by atoms with Gasteiger partial charge in [-0.3, -0.25) is 0 Å². The molecular weight excluding hydrogens is 204 g/mol. The quantitative estimate of drug-likeness (QED) is 0.724. The summed E-state index contributed by atoms with van der Waals surface area (Å²) in [7, 11) is 0. The molecule has 3 rings (SSSR count). The molecule has 0 bridgehead atoms. The summed E-state index contributed by atoms with van der Waals surface area (Å²) in [5, 5.41) is 0. The first-order valence-corrected chi connectivity index (χ1v) is 6.43. The standard InChI is InChI=1S/C17H18/c1-13-7-9-14(10-8-13)11-16-12-17(16)15-5-3-2-4-6-15/h2-10,16-17H,11-12H2,1H3. The summed E-state index contributed by atoms with van der Waals surface area (Å²) in [5.41, 5.74) is 4.35. The van der Waals surface area contributed by atoms with Gasteiger partial charge in [-0.05, 0) is 42.7 Å². The lowest BCUT2D eigenvalue weighted by Gasteiger charge is -2.02. The molecule has 0 spiro atoms. The van der Waals surface area contributed by atoms with Crippen molar-refractivity contribution in [1.29, 1.82) is 0 Å². The zero-order valence-electron chi connectivity index (χ0n) is 10.3. The Kier molecular flexibility index (Phi) is 2.72. The van der Waals surface area contributed by atoms with Crippen LogP contribution in [0.4, 0.5) is 0 Å². The molecule has 0 heterocycles. The second kappa shape index (κ2) is 4.37. The predicted molar refractivity (Wildman–Crippen MR) is 72.2 cm³/mol. The Labute approximate surface area is 103 Å². The lowest BCUT2D eigenvalue weighted by Crippen LogP contribution is -1.90. The molecule has 2 atom stereocenters. The molecule has 1 aliphatic carbocycles. The topological polar surface area (TPSA) is 0 Å². The van der Waals surface area contributed by atoms with Crippen molar-refractivity contribution in [3.05, 3.63) is 71.3 Å². The van der Waals surface area contributed by atoms with Crippen molar-refractivity contribution in [3.63, 3.8) is 0 Å². The van der Waals surface area contributed by atoms with E-state index in [1.165, 1.54) is 29.5 Å². The van der Waals surface area contributed by atoms with Crippen molar-refractivity contribution in [2.45, 2.75) is 25.7 Å². The molecule has 86 valence electrons. The Morgan fingerprint density at radius 1 is 0.941 bits per heavy atom. The normalized spacial score (nSPS) is 22.4. The van der Waals surface area contributed by atoms with Gasteiger partial charge in [0, 0.05) is 0 Å². The predicted octanol–water partition coefficient (Wildman–Crippen LogP) is 4.34. The van der Waals surface area contributed by atoms with Gasteiger partial charge in [0.1, 0.15) is 0 Å². The largest absolute Gasteiger partial charge is 0.0622 e. The van der Waals surface area contributed by atoms with Crippen molar-refractivity contribution in [1.82, 2.24) is 0 Å². The number of hydrogen-bond donors (Lipinski definition) is 0. The van der Waals surface area contributed by atoms with Gasteiger partial charge in [-0.2, -0.15) is 0 Å². The minimum Gasteiger partial charge on any atom is -0.0622 e. The monoisotopic (exact) mass is 222 g/mol. The van der Waals surface area contributed by atoms with Gasteiger partial charge in [0.15, 0.2) is 0 Å². The molecule has 0 aliphatic heterocycles. The molecule has 1 saturated carbocycles. The molecule has 2 aromatic rings. The van der Waals surface area contributed by atoms with Crippen molar-refractivity contribution in [2.75, 3.05) is 0 Å². The van der Waals surface area contributed by atoms with Crippen LogP contribution in [0.1, 0.15) is 29.0 Å². The van der Waals surface area contributed by atoms with Gasteiger partial charge in [-0.1, -0.05) is 60.2 Å². The van der Waals surface area contributed by atoms with Crippen LogP contribution in [0.15, 0.2) is 54.6 Å². The molecule has 0 N–H and O–H groups in total. The first-order valence-electron chi connectivity index (χ1n) is 6.43. The maximum Gasteiger partial charge on any atom is -0.0127 e. The van der Waals surface area contributed by atoms with Crippen LogP contribution in [0, 0.1) is 12.8 Å². The van der Waals surface area contributed by atoms with Gasteiger partial charge in [-0.15, -0.1) is 0 Å². The first kappa shape index (κ1) is 10.6. The average molecular weight is 222 g/mol. The molecule has 0 aromatic heterocycles.